The Labute approximate surface area is 86.5 Å². The smallest absolute Gasteiger partial charge is 0.0439 e. The summed E-state index contributed by atoms with van der Waals surface area (Å²) in [4.78, 5) is 0. The third-order valence-electron chi connectivity index (χ3n) is 2.38. The number of nitrogens with two attached hydrogens (primary N) is 1. The Morgan fingerprint density at radius 3 is 2.50 bits per heavy atom. The molecular formula is C12H20N2. The molecule has 78 valence electrons. The summed E-state index contributed by atoms with van der Waals surface area (Å²) in [5.41, 5.74) is 8.19. The standard InChI is InChI=1S/C12H20N2/c1-4-10-7-5-6-8-11(10)14-12(2,3)9-13/h5-8,14H,4,9,13H2,1-3H3. The fourth-order valence-electron chi connectivity index (χ4n) is 1.37. The molecule has 0 saturated heterocycles. The van der Waals surface area contributed by atoms with E-state index >= 15 is 0 Å². The number of para-hydroxylation sites is 1. The molecule has 0 atom stereocenters. The Hall–Kier alpha value is -1.02. The molecule has 1 aromatic carbocycles. The summed E-state index contributed by atoms with van der Waals surface area (Å²) in [6, 6.07) is 8.37. The Kier molecular flexibility index (Phi) is 3.53. The highest BCUT2D eigenvalue weighted by molar-refractivity contribution is 5.52. The van der Waals surface area contributed by atoms with Crippen molar-refractivity contribution in [2.75, 3.05) is 11.9 Å². The zero-order valence-corrected chi connectivity index (χ0v) is 9.30. The molecule has 3 N–H and O–H groups in total. The van der Waals surface area contributed by atoms with E-state index in [1.807, 2.05) is 6.07 Å². The van der Waals surface area contributed by atoms with Gasteiger partial charge < -0.3 is 11.1 Å². The van der Waals surface area contributed by atoms with E-state index in [4.69, 9.17) is 5.73 Å². The first-order chi connectivity index (χ1) is 6.59. The third-order valence-corrected chi connectivity index (χ3v) is 2.38. The van der Waals surface area contributed by atoms with Crippen molar-refractivity contribution < 1.29 is 0 Å². The molecule has 14 heavy (non-hydrogen) atoms. The van der Waals surface area contributed by atoms with Crippen molar-refractivity contribution in [1.29, 1.82) is 0 Å². The molecule has 0 spiro atoms. The first-order valence-electron chi connectivity index (χ1n) is 5.15. The Balaban J connectivity index is 2.85. The molecule has 1 aromatic rings. The van der Waals surface area contributed by atoms with E-state index in [1.54, 1.807) is 0 Å². The predicted octanol–water partition coefficient (Wildman–Crippen LogP) is 2.40. The molecule has 1 rings (SSSR count). The molecule has 2 nitrogen and oxygen atoms in total. The number of hydrogen-bond acceptors (Lipinski definition) is 2. The summed E-state index contributed by atoms with van der Waals surface area (Å²) in [6.07, 6.45) is 1.05. The van der Waals surface area contributed by atoms with Crippen LogP contribution in [0, 0.1) is 0 Å². The fourth-order valence-corrected chi connectivity index (χ4v) is 1.37. The quantitative estimate of drug-likeness (QED) is 0.768. The van der Waals surface area contributed by atoms with Gasteiger partial charge in [-0.2, -0.15) is 0 Å². The van der Waals surface area contributed by atoms with E-state index in [2.05, 4.69) is 44.3 Å². The fraction of sp³-hybridized carbons (Fsp3) is 0.500. The average Bonchev–Trinajstić information content (AvgIpc) is 2.18. The van der Waals surface area contributed by atoms with Crippen LogP contribution in [0.1, 0.15) is 26.3 Å². The second-order valence-electron chi connectivity index (χ2n) is 4.22. The van der Waals surface area contributed by atoms with Crippen molar-refractivity contribution in [3.05, 3.63) is 29.8 Å². The summed E-state index contributed by atoms with van der Waals surface area (Å²) >= 11 is 0. The highest BCUT2D eigenvalue weighted by Gasteiger charge is 2.15. The Morgan fingerprint density at radius 1 is 1.29 bits per heavy atom. The predicted molar refractivity (Wildman–Crippen MR) is 62.6 cm³/mol. The molecule has 0 heterocycles. The molecule has 0 radical (unpaired) electrons. The SMILES string of the molecule is CCc1ccccc1NC(C)(C)CN. The molecule has 0 unspecified atom stereocenters. The van der Waals surface area contributed by atoms with Gasteiger partial charge in [-0.3, -0.25) is 0 Å². The molecule has 0 aliphatic heterocycles. The molecule has 0 aliphatic rings. The average molecular weight is 192 g/mol. The van der Waals surface area contributed by atoms with Crippen LogP contribution in [0.25, 0.3) is 0 Å². The van der Waals surface area contributed by atoms with Crippen molar-refractivity contribution in [3.63, 3.8) is 0 Å². The topological polar surface area (TPSA) is 38.0 Å². The molecule has 2 heteroatoms. The van der Waals surface area contributed by atoms with Crippen LogP contribution in [0.4, 0.5) is 5.69 Å². The zero-order valence-electron chi connectivity index (χ0n) is 9.30. The van der Waals surface area contributed by atoms with Crippen molar-refractivity contribution in [2.45, 2.75) is 32.7 Å². The van der Waals surface area contributed by atoms with Crippen molar-refractivity contribution in [1.82, 2.24) is 0 Å². The van der Waals surface area contributed by atoms with E-state index in [0.717, 1.165) is 6.42 Å². The maximum absolute atomic E-state index is 5.68. The van der Waals surface area contributed by atoms with Gasteiger partial charge >= 0.3 is 0 Å². The van der Waals surface area contributed by atoms with Gasteiger partial charge in [0.2, 0.25) is 0 Å². The highest BCUT2D eigenvalue weighted by Crippen LogP contribution is 2.19. The Bertz CT molecular complexity index is 292. The second kappa shape index (κ2) is 4.47. The highest BCUT2D eigenvalue weighted by atomic mass is 15.0. The van der Waals surface area contributed by atoms with Gasteiger partial charge in [0, 0.05) is 17.8 Å². The van der Waals surface area contributed by atoms with E-state index < -0.39 is 0 Å². The first-order valence-corrected chi connectivity index (χ1v) is 5.15. The van der Waals surface area contributed by atoms with Gasteiger partial charge in [-0.15, -0.1) is 0 Å². The molecule has 0 bridgehead atoms. The largest absolute Gasteiger partial charge is 0.379 e. The molecule has 0 fully saturated rings. The maximum Gasteiger partial charge on any atom is 0.0439 e. The van der Waals surface area contributed by atoms with Crippen molar-refractivity contribution in [3.8, 4) is 0 Å². The number of benzene rings is 1. The van der Waals surface area contributed by atoms with Gasteiger partial charge in [-0.25, -0.2) is 0 Å². The second-order valence-corrected chi connectivity index (χ2v) is 4.22. The molecule has 0 saturated carbocycles. The van der Waals surface area contributed by atoms with Gasteiger partial charge in [0.1, 0.15) is 0 Å². The lowest BCUT2D eigenvalue weighted by atomic mass is 10.0. The summed E-state index contributed by atoms with van der Waals surface area (Å²) in [5, 5.41) is 3.46. The van der Waals surface area contributed by atoms with Crippen LogP contribution in [-0.2, 0) is 6.42 Å². The maximum atomic E-state index is 5.68. The summed E-state index contributed by atoms with van der Waals surface area (Å²) in [6.45, 7) is 7.01. The molecular weight excluding hydrogens is 172 g/mol. The van der Waals surface area contributed by atoms with Crippen LogP contribution < -0.4 is 11.1 Å². The number of aryl methyl sites for hydroxylation is 1. The lowest BCUT2D eigenvalue weighted by Gasteiger charge is -2.27. The molecule has 0 aromatic heterocycles. The van der Waals surface area contributed by atoms with Gasteiger partial charge in [0.25, 0.3) is 0 Å². The van der Waals surface area contributed by atoms with Crippen LogP contribution in [0.2, 0.25) is 0 Å². The monoisotopic (exact) mass is 192 g/mol. The van der Waals surface area contributed by atoms with Crippen LogP contribution in [0.3, 0.4) is 0 Å². The lowest BCUT2D eigenvalue weighted by molar-refractivity contribution is 0.579. The molecule has 0 aliphatic carbocycles. The number of anilines is 1. The normalized spacial score (nSPS) is 11.4. The summed E-state index contributed by atoms with van der Waals surface area (Å²) in [7, 11) is 0. The van der Waals surface area contributed by atoms with Crippen LogP contribution >= 0.6 is 0 Å². The van der Waals surface area contributed by atoms with Gasteiger partial charge in [-0.1, -0.05) is 25.1 Å². The first kappa shape index (κ1) is 11.1. The number of rotatable bonds is 4. The van der Waals surface area contributed by atoms with Gasteiger partial charge in [0.15, 0.2) is 0 Å². The van der Waals surface area contributed by atoms with E-state index in [9.17, 15) is 0 Å². The van der Waals surface area contributed by atoms with Crippen LogP contribution in [0.15, 0.2) is 24.3 Å². The lowest BCUT2D eigenvalue weighted by Crippen LogP contribution is -2.39. The summed E-state index contributed by atoms with van der Waals surface area (Å²) < 4.78 is 0. The summed E-state index contributed by atoms with van der Waals surface area (Å²) in [5.74, 6) is 0. The number of nitrogens with one attached hydrogen (secondary N) is 1. The number of hydrogen-bond donors (Lipinski definition) is 2. The minimum absolute atomic E-state index is 0.0364. The van der Waals surface area contributed by atoms with E-state index in [-0.39, 0.29) is 5.54 Å². The Morgan fingerprint density at radius 2 is 1.93 bits per heavy atom. The zero-order chi connectivity index (χ0) is 10.6. The van der Waals surface area contributed by atoms with Gasteiger partial charge in [-0.05, 0) is 31.9 Å². The minimum Gasteiger partial charge on any atom is -0.379 e. The van der Waals surface area contributed by atoms with Crippen LogP contribution in [-0.4, -0.2) is 12.1 Å². The minimum atomic E-state index is -0.0364. The van der Waals surface area contributed by atoms with E-state index in [1.165, 1.54) is 11.3 Å². The molecule has 0 amide bonds. The van der Waals surface area contributed by atoms with Crippen molar-refractivity contribution >= 4 is 5.69 Å². The third kappa shape index (κ3) is 2.74. The van der Waals surface area contributed by atoms with E-state index in [0.29, 0.717) is 6.54 Å². The van der Waals surface area contributed by atoms with Crippen molar-refractivity contribution in [2.24, 2.45) is 5.73 Å². The van der Waals surface area contributed by atoms with Gasteiger partial charge in [0.05, 0.1) is 0 Å². The van der Waals surface area contributed by atoms with Crippen LogP contribution in [0.5, 0.6) is 0 Å².